The summed E-state index contributed by atoms with van der Waals surface area (Å²) < 4.78 is 41.1. The summed E-state index contributed by atoms with van der Waals surface area (Å²) in [5, 5.41) is 22.0. The van der Waals surface area contributed by atoms with Crippen LogP contribution < -0.4 is 5.32 Å². The third kappa shape index (κ3) is 3.72. The number of halogens is 4. The second-order valence-corrected chi connectivity index (χ2v) is 5.77. The third-order valence-electron chi connectivity index (χ3n) is 3.65. The number of aromatic hydroxyl groups is 1. The highest BCUT2D eigenvalue weighted by Gasteiger charge is 2.57. The number of carbonyl (C=O) groups excluding carboxylic acids is 1. The molecule has 25 heavy (non-hydrogen) atoms. The lowest BCUT2D eigenvalue weighted by Crippen LogP contribution is -2.46. The Bertz CT molecular complexity index is 759. The van der Waals surface area contributed by atoms with E-state index in [9.17, 15) is 28.2 Å². The van der Waals surface area contributed by atoms with Crippen LogP contribution in [-0.2, 0) is 12.6 Å². The minimum Gasteiger partial charge on any atom is -0.507 e. The normalized spacial score (nSPS) is 14.2. The van der Waals surface area contributed by atoms with Crippen molar-refractivity contribution in [3.8, 4) is 5.75 Å². The Morgan fingerprint density at radius 1 is 1.40 bits per heavy atom. The number of alkyl halides is 3. The molecular weight excluding hydrogens is 363 g/mol. The molecule has 0 unspecified atom stereocenters. The number of aryl methyl sites for hydroxylation is 1. The molecule has 1 aromatic heterocycles. The molecule has 0 spiro atoms. The van der Waals surface area contributed by atoms with Gasteiger partial charge in [0.25, 0.3) is 5.91 Å². The van der Waals surface area contributed by atoms with Gasteiger partial charge in [-0.25, -0.2) is 4.98 Å². The molecule has 1 atom stereocenters. The Kier molecular flexibility index (Phi) is 5.28. The number of hydrogen-bond acceptors (Lipinski definition) is 4. The van der Waals surface area contributed by atoms with E-state index in [0.29, 0.717) is 0 Å². The van der Waals surface area contributed by atoms with Crippen LogP contribution in [0.15, 0.2) is 30.6 Å². The van der Waals surface area contributed by atoms with Crippen LogP contribution in [0.1, 0.15) is 22.6 Å². The van der Waals surface area contributed by atoms with E-state index in [1.54, 1.807) is 0 Å². The molecule has 1 aromatic carbocycles. The van der Waals surface area contributed by atoms with Crippen molar-refractivity contribution in [3.63, 3.8) is 0 Å². The number of aromatic nitrogens is 2. The largest absolute Gasteiger partial charge is 0.507 e. The van der Waals surface area contributed by atoms with E-state index < -0.39 is 42.2 Å². The second-order valence-electron chi connectivity index (χ2n) is 5.36. The average molecular weight is 378 g/mol. The van der Waals surface area contributed by atoms with Crippen molar-refractivity contribution < 1.29 is 28.2 Å². The molecule has 0 aliphatic heterocycles. The fraction of sp³-hybridized carbons (Fsp3) is 0.333. The SMILES string of the molecule is Cn1ccnc1[C@](O)(CCNC(=O)c1c(O)cccc1Cl)C(F)(F)F. The first kappa shape index (κ1) is 19.1. The molecule has 0 aliphatic rings. The van der Waals surface area contributed by atoms with Crippen LogP contribution in [0.5, 0.6) is 5.75 Å². The van der Waals surface area contributed by atoms with Crippen LogP contribution in [0.2, 0.25) is 5.02 Å². The van der Waals surface area contributed by atoms with Crippen LogP contribution in [0.4, 0.5) is 13.2 Å². The van der Waals surface area contributed by atoms with Crippen LogP contribution in [0, 0.1) is 0 Å². The minimum absolute atomic E-state index is 0.0484. The van der Waals surface area contributed by atoms with E-state index in [0.717, 1.165) is 10.8 Å². The lowest BCUT2D eigenvalue weighted by Gasteiger charge is -2.30. The monoisotopic (exact) mass is 377 g/mol. The molecule has 1 amide bonds. The van der Waals surface area contributed by atoms with Crippen LogP contribution in [0.25, 0.3) is 0 Å². The summed E-state index contributed by atoms with van der Waals surface area (Å²) in [7, 11) is 1.32. The molecule has 0 bridgehead atoms. The quantitative estimate of drug-likeness (QED) is 0.746. The summed E-state index contributed by atoms with van der Waals surface area (Å²) in [6, 6.07) is 3.99. The Balaban J connectivity index is 2.15. The molecule has 136 valence electrons. The van der Waals surface area contributed by atoms with Gasteiger partial charge in [0.05, 0.1) is 10.6 Å². The van der Waals surface area contributed by atoms with E-state index >= 15 is 0 Å². The van der Waals surface area contributed by atoms with Gasteiger partial charge in [-0.2, -0.15) is 13.2 Å². The first-order valence-electron chi connectivity index (χ1n) is 7.10. The van der Waals surface area contributed by atoms with Crippen molar-refractivity contribution >= 4 is 17.5 Å². The zero-order valence-corrected chi connectivity index (χ0v) is 13.8. The van der Waals surface area contributed by atoms with E-state index in [4.69, 9.17) is 11.6 Å². The summed E-state index contributed by atoms with van der Waals surface area (Å²) in [5.41, 5.74) is -3.49. The number of aliphatic hydroxyl groups is 1. The molecule has 0 aliphatic carbocycles. The Morgan fingerprint density at radius 3 is 2.60 bits per heavy atom. The molecule has 2 aromatic rings. The Hall–Kier alpha value is -2.26. The zero-order valence-electron chi connectivity index (χ0n) is 13.0. The summed E-state index contributed by atoms with van der Waals surface area (Å²) in [6.07, 6.45) is -3.46. The van der Waals surface area contributed by atoms with Gasteiger partial charge >= 0.3 is 6.18 Å². The summed E-state index contributed by atoms with van der Waals surface area (Å²) in [5.74, 6) is -1.84. The Labute approximate surface area is 145 Å². The van der Waals surface area contributed by atoms with Crippen molar-refractivity contribution in [1.29, 1.82) is 0 Å². The number of carbonyl (C=O) groups is 1. The molecule has 1 heterocycles. The number of nitrogens with zero attached hydrogens (tertiary/aromatic N) is 2. The number of phenolic OH excluding ortho intramolecular Hbond substituents is 1. The molecular formula is C15H15ClF3N3O3. The standard InChI is InChI=1S/C15H15ClF3N3O3/c1-22-8-7-21-13(22)14(25,15(17,18)19)5-6-20-12(24)11-9(16)3-2-4-10(11)23/h2-4,7-8,23,25H,5-6H2,1H3,(H,20,24)/t14-/m1/s1. The van der Waals surface area contributed by atoms with Crippen molar-refractivity contribution in [3.05, 3.63) is 47.0 Å². The van der Waals surface area contributed by atoms with Gasteiger partial charge in [0, 0.05) is 32.4 Å². The fourth-order valence-corrected chi connectivity index (χ4v) is 2.58. The van der Waals surface area contributed by atoms with Gasteiger partial charge in [-0.1, -0.05) is 17.7 Å². The van der Waals surface area contributed by atoms with Crippen molar-refractivity contribution in [1.82, 2.24) is 14.9 Å². The molecule has 6 nitrogen and oxygen atoms in total. The van der Waals surface area contributed by atoms with Crippen molar-refractivity contribution in [2.75, 3.05) is 6.54 Å². The Morgan fingerprint density at radius 2 is 2.08 bits per heavy atom. The average Bonchev–Trinajstić information content (AvgIpc) is 2.92. The van der Waals surface area contributed by atoms with E-state index in [1.807, 2.05) is 0 Å². The summed E-state index contributed by atoms with van der Waals surface area (Å²) in [6.45, 7) is -0.521. The van der Waals surface area contributed by atoms with Gasteiger partial charge in [0.1, 0.15) is 11.6 Å². The number of imidazole rings is 1. The van der Waals surface area contributed by atoms with E-state index in [2.05, 4.69) is 10.3 Å². The highest BCUT2D eigenvalue weighted by molar-refractivity contribution is 6.34. The van der Waals surface area contributed by atoms with Crippen LogP contribution in [-0.4, -0.2) is 38.4 Å². The predicted octanol–water partition coefficient (Wildman–Crippen LogP) is 2.35. The summed E-state index contributed by atoms with van der Waals surface area (Å²) in [4.78, 5) is 15.6. The maximum atomic E-state index is 13.3. The molecule has 3 N–H and O–H groups in total. The molecule has 0 saturated heterocycles. The number of rotatable bonds is 5. The van der Waals surface area contributed by atoms with Gasteiger partial charge in [0.15, 0.2) is 0 Å². The van der Waals surface area contributed by atoms with Crippen LogP contribution in [0.3, 0.4) is 0 Å². The van der Waals surface area contributed by atoms with Gasteiger partial charge in [0.2, 0.25) is 5.60 Å². The minimum atomic E-state index is -5.00. The highest BCUT2D eigenvalue weighted by Crippen LogP contribution is 2.40. The van der Waals surface area contributed by atoms with Crippen molar-refractivity contribution in [2.45, 2.75) is 18.2 Å². The number of amides is 1. The van der Waals surface area contributed by atoms with Crippen LogP contribution >= 0.6 is 11.6 Å². The molecule has 0 fully saturated rings. The third-order valence-corrected chi connectivity index (χ3v) is 3.97. The molecule has 0 saturated carbocycles. The summed E-state index contributed by atoms with van der Waals surface area (Å²) >= 11 is 5.80. The number of phenols is 1. The van der Waals surface area contributed by atoms with E-state index in [-0.39, 0.29) is 10.6 Å². The first-order valence-corrected chi connectivity index (χ1v) is 7.48. The maximum absolute atomic E-state index is 13.3. The molecule has 10 heteroatoms. The maximum Gasteiger partial charge on any atom is 0.424 e. The molecule has 2 rings (SSSR count). The van der Waals surface area contributed by atoms with Gasteiger partial charge in [-0.3, -0.25) is 4.79 Å². The number of hydrogen-bond donors (Lipinski definition) is 3. The fourth-order valence-electron chi connectivity index (χ4n) is 2.33. The smallest absolute Gasteiger partial charge is 0.424 e. The van der Waals surface area contributed by atoms with Crippen molar-refractivity contribution in [2.24, 2.45) is 7.05 Å². The lowest BCUT2D eigenvalue weighted by molar-refractivity contribution is -0.272. The number of benzene rings is 1. The predicted molar refractivity (Wildman–Crippen MR) is 83.2 cm³/mol. The van der Waals surface area contributed by atoms with Gasteiger partial charge in [-0.15, -0.1) is 0 Å². The lowest BCUT2D eigenvalue weighted by atomic mass is 9.97. The first-order chi connectivity index (χ1) is 11.6. The van der Waals surface area contributed by atoms with Gasteiger partial charge < -0.3 is 20.1 Å². The zero-order chi connectivity index (χ0) is 18.8. The van der Waals surface area contributed by atoms with Gasteiger partial charge in [-0.05, 0) is 12.1 Å². The highest BCUT2D eigenvalue weighted by atomic mass is 35.5. The molecule has 0 radical (unpaired) electrons. The second kappa shape index (κ2) is 6.93. The van der Waals surface area contributed by atoms with E-state index in [1.165, 1.54) is 31.4 Å². The number of nitrogens with one attached hydrogen (secondary N) is 1. The topological polar surface area (TPSA) is 87.4 Å².